The Labute approximate surface area is 121 Å². The number of pyridine rings is 1. The highest BCUT2D eigenvalue weighted by Gasteiger charge is 2.18. The van der Waals surface area contributed by atoms with Gasteiger partial charge in [-0.25, -0.2) is 4.98 Å². The maximum atomic E-state index is 12.0. The van der Waals surface area contributed by atoms with Crippen LogP contribution in [0.1, 0.15) is 17.5 Å². The average molecular weight is 289 g/mol. The number of nitrogens with zero attached hydrogens (tertiary/aromatic N) is 1. The maximum absolute atomic E-state index is 12.0. The highest BCUT2D eigenvalue weighted by atomic mass is 16.5. The molecule has 2 aromatic rings. The SMILES string of the molecule is COc1ccc(NC(=O)[C@H](C)NC(=O)c2ccco2)cn1. The third kappa shape index (κ3) is 3.82. The van der Waals surface area contributed by atoms with Gasteiger partial charge in [-0.1, -0.05) is 0 Å². The molecule has 0 aliphatic heterocycles. The number of nitrogens with one attached hydrogen (secondary N) is 2. The van der Waals surface area contributed by atoms with Crippen LogP contribution in [0.5, 0.6) is 5.88 Å². The number of furan rings is 1. The minimum absolute atomic E-state index is 0.153. The van der Waals surface area contributed by atoms with Gasteiger partial charge in [0.1, 0.15) is 6.04 Å². The van der Waals surface area contributed by atoms with E-state index in [9.17, 15) is 9.59 Å². The summed E-state index contributed by atoms with van der Waals surface area (Å²) in [7, 11) is 1.51. The number of carbonyl (C=O) groups is 2. The molecule has 7 heteroatoms. The second-order valence-electron chi connectivity index (χ2n) is 4.25. The molecule has 110 valence electrons. The Morgan fingerprint density at radius 2 is 2.14 bits per heavy atom. The Morgan fingerprint density at radius 1 is 1.33 bits per heavy atom. The quantitative estimate of drug-likeness (QED) is 0.868. The van der Waals surface area contributed by atoms with Gasteiger partial charge in [-0.2, -0.15) is 0 Å². The largest absolute Gasteiger partial charge is 0.481 e. The molecular formula is C14H15N3O4. The normalized spacial score (nSPS) is 11.5. The molecular weight excluding hydrogens is 274 g/mol. The van der Waals surface area contributed by atoms with Crippen molar-refractivity contribution in [3.05, 3.63) is 42.5 Å². The van der Waals surface area contributed by atoms with E-state index in [0.717, 1.165) is 0 Å². The number of anilines is 1. The lowest BCUT2D eigenvalue weighted by Crippen LogP contribution is -2.41. The molecule has 7 nitrogen and oxygen atoms in total. The number of rotatable bonds is 5. The van der Waals surface area contributed by atoms with Crippen LogP contribution in [0.2, 0.25) is 0 Å². The molecule has 0 unspecified atom stereocenters. The zero-order chi connectivity index (χ0) is 15.2. The molecule has 2 aromatic heterocycles. The van der Waals surface area contributed by atoms with Gasteiger partial charge in [-0.05, 0) is 25.1 Å². The van der Waals surface area contributed by atoms with Crippen molar-refractivity contribution in [1.82, 2.24) is 10.3 Å². The molecule has 21 heavy (non-hydrogen) atoms. The zero-order valence-electron chi connectivity index (χ0n) is 11.6. The first-order valence-electron chi connectivity index (χ1n) is 6.25. The number of methoxy groups -OCH3 is 1. The van der Waals surface area contributed by atoms with Gasteiger partial charge in [0.05, 0.1) is 25.3 Å². The fraction of sp³-hybridized carbons (Fsp3) is 0.214. The number of aromatic nitrogens is 1. The van der Waals surface area contributed by atoms with Gasteiger partial charge in [0.15, 0.2) is 5.76 Å². The summed E-state index contributed by atoms with van der Waals surface area (Å²) in [4.78, 5) is 27.7. The first kappa shape index (κ1) is 14.6. The molecule has 0 fully saturated rings. The monoisotopic (exact) mass is 289 g/mol. The Bertz CT molecular complexity index is 608. The average Bonchev–Trinajstić information content (AvgIpc) is 3.02. The smallest absolute Gasteiger partial charge is 0.287 e. The summed E-state index contributed by atoms with van der Waals surface area (Å²) in [5.74, 6) is -0.203. The minimum Gasteiger partial charge on any atom is -0.481 e. The van der Waals surface area contributed by atoms with Crippen LogP contribution in [0.4, 0.5) is 5.69 Å². The Balaban J connectivity index is 1.91. The fourth-order valence-corrected chi connectivity index (χ4v) is 1.57. The van der Waals surface area contributed by atoms with Gasteiger partial charge in [0.25, 0.3) is 5.91 Å². The summed E-state index contributed by atoms with van der Waals surface area (Å²) in [5.41, 5.74) is 0.514. The van der Waals surface area contributed by atoms with E-state index in [4.69, 9.17) is 9.15 Å². The number of hydrogen-bond donors (Lipinski definition) is 2. The van der Waals surface area contributed by atoms with Crippen molar-refractivity contribution in [2.75, 3.05) is 12.4 Å². The van der Waals surface area contributed by atoms with Gasteiger partial charge < -0.3 is 19.8 Å². The molecule has 0 bridgehead atoms. The molecule has 1 atom stereocenters. The number of hydrogen-bond acceptors (Lipinski definition) is 5. The van der Waals surface area contributed by atoms with Crippen molar-refractivity contribution >= 4 is 17.5 Å². The van der Waals surface area contributed by atoms with Crippen LogP contribution in [0.3, 0.4) is 0 Å². The molecule has 2 heterocycles. The Morgan fingerprint density at radius 3 is 2.71 bits per heavy atom. The number of amides is 2. The van der Waals surface area contributed by atoms with Crippen molar-refractivity contribution in [3.8, 4) is 5.88 Å². The zero-order valence-corrected chi connectivity index (χ0v) is 11.6. The summed E-state index contributed by atoms with van der Waals surface area (Å²) in [6, 6.07) is 5.69. The molecule has 0 saturated carbocycles. The molecule has 0 saturated heterocycles. The molecule has 0 aromatic carbocycles. The van der Waals surface area contributed by atoms with E-state index in [2.05, 4.69) is 15.6 Å². The van der Waals surface area contributed by atoms with E-state index in [1.54, 1.807) is 25.1 Å². The summed E-state index contributed by atoms with van der Waals surface area (Å²) < 4.78 is 9.88. The van der Waals surface area contributed by atoms with Crippen LogP contribution in [-0.2, 0) is 4.79 Å². The van der Waals surface area contributed by atoms with Gasteiger partial charge in [0.2, 0.25) is 11.8 Å². The van der Waals surface area contributed by atoms with Crippen LogP contribution in [0.25, 0.3) is 0 Å². The van der Waals surface area contributed by atoms with Crippen molar-refractivity contribution < 1.29 is 18.7 Å². The van der Waals surface area contributed by atoms with Gasteiger partial charge in [0, 0.05) is 6.07 Å². The van der Waals surface area contributed by atoms with E-state index < -0.39 is 11.9 Å². The highest BCUT2D eigenvalue weighted by molar-refractivity contribution is 5.99. The topological polar surface area (TPSA) is 93.5 Å². The lowest BCUT2D eigenvalue weighted by atomic mass is 10.3. The first-order chi connectivity index (χ1) is 10.1. The van der Waals surface area contributed by atoms with Crippen LogP contribution >= 0.6 is 0 Å². The lowest BCUT2D eigenvalue weighted by Gasteiger charge is -2.13. The van der Waals surface area contributed by atoms with E-state index in [0.29, 0.717) is 11.6 Å². The molecule has 2 rings (SSSR count). The predicted molar refractivity (Wildman–Crippen MR) is 75.1 cm³/mol. The number of ether oxygens (including phenoxy) is 1. The van der Waals surface area contributed by atoms with Gasteiger partial charge >= 0.3 is 0 Å². The predicted octanol–water partition coefficient (Wildman–Crippen LogP) is 1.44. The van der Waals surface area contributed by atoms with Crippen LogP contribution in [0, 0.1) is 0 Å². The lowest BCUT2D eigenvalue weighted by molar-refractivity contribution is -0.117. The van der Waals surface area contributed by atoms with E-state index in [1.807, 2.05) is 0 Å². The Hall–Kier alpha value is -2.83. The highest BCUT2D eigenvalue weighted by Crippen LogP contribution is 2.11. The molecule has 0 aliphatic rings. The van der Waals surface area contributed by atoms with Crippen molar-refractivity contribution in [2.45, 2.75) is 13.0 Å². The van der Waals surface area contributed by atoms with Crippen molar-refractivity contribution in [2.24, 2.45) is 0 Å². The number of carbonyl (C=O) groups excluding carboxylic acids is 2. The second kappa shape index (κ2) is 6.56. The van der Waals surface area contributed by atoms with Crippen molar-refractivity contribution in [1.29, 1.82) is 0 Å². The fourth-order valence-electron chi connectivity index (χ4n) is 1.57. The summed E-state index contributed by atoms with van der Waals surface area (Å²) in [6.07, 6.45) is 2.86. The first-order valence-corrected chi connectivity index (χ1v) is 6.25. The second-order valence-corrected chi connectivity index (χ2v) is 4.25. The van der Waals surface area contributed by atoms with Crippen LogP contribution < -0.4 is 15.4 Å². The molecule has 2 N–H and O–H groups in total. The van der Waals surface area contributed by atoms with E-state index in [1.165, 1.54) is 25.6 Å². The third-order valence-corrected chi connectivity index (χ3v) is 2.70. The van der Waals surface area contributed by atoms with Crippen LogP contribution in [0.15, 0.2) is 41.1 Å². The molecule has 2 amide bonds. The van der Waals surface area contributed by atoms with Gasteiger partial charge in [-0.3, -0.25) is 9.59 Å². The van der Waals surface area contributed by atoms with Crippen molar-refractivity contribution in [3.63, 3.8) is 0 Å². The van der Waals surface area contributed by atoms with E-state index in [-0.39, 0.29) is 11.7 Å². The van der Waals surface area contributed by atoms with E-state index >= 15 is 0 Å². The maximum Gasteiger partial charge on any atom is 0.287 e. The molecule has 0 spiro atoms. The summed E-state index contributed by atoms with van der Waals surface area (Å²) >= 11 is 0. The molecule has 0 radical (unpaired) electrons. The standard InChI is InChI=1S/C14H15N3O4/c1-9(16-14(19)11-4-3-7-21-11)13(18)17-10-5-6-12(20-2)15-8-10/h3-9H,1-2H3,(H,16,19)(H,17,18)/t9-/m0/s1. The van der Waals surface area contributed by atoms with Crippen LogP contribution in [-0.4, -0.2) is 29.9 Å². The minimum atomic E-state index is -0.718. The third-order valence-electron chi connectivity index (χ3n) is 2.70. The summed E-state index contributed by atoms with van der Waals surface area (Å²) in [5, 5.41) is 5.18. The van der Waals surface area contributed by atoms with Gasteiger partial charge in [-0.15, -0.1) is 0 Å². The Kier molecular flexibility index (Phi) is 4.55. The molecule has 0 aliphatic carbocycles. The summed E-state index contributed by atoms with van der Waals surface area (Å²) in [6.45, 7) is 1.58.